The molecule has 138 valence electrons. The van der Waals surface area contributed by atoms with Gasteiger partial charge in [0.05, 0.1) is 0 Å². The van der Waals surface area contributed by atoms with Crippen LogP contribution >= 0.6 is 12.4 Å². The molecule has 2 aromatic rings. The molecule has 3 N–H and O–H groups in total. The van der Waals surface area contributed by atoms with Crippen molar-refractivity contribution in [1.29, 1.82) is 0 Å². The molecule has 0 unspecified atom stereocenters. The zero-order valence-corrected chi connectivity index (χ0v) is 15.4. The first-order valence-electron chi connectivity index (χ1n) is 8.61. The Hall–Kier alpha value is -2.37. The third-order valence-corrected chi connectivity index (χ3v) is 4.59. The van der Waals surface area contributed by atoms with E-state index in [1.165, 1.54) is 0 Å². The van der Waals surface area contributed by atoms with Gasteiger partial charge in [0.1, 0.15) is 0 Å². The lowest BCUT2D eigenvalue weighted by molar-refractivity contribution is 0.0698. The molecule has 0 radical (unpaired) electrons. The van der Waals surface area contributed by atoms with Crippen molar-refractivity contribution >= 4 is 24.2 Å². The molecule has 0 aliphatic carbocycles. The van der Waals surface area contributed by atoms with Gasteiger partial charge in [-0.2, -0.15) is 0 Å². The summed E-state index contributed by atoms with van der Waals surface area (Å²) in [5.41, 5.74) is 7.95. The number of likely N-dealkylation sites (tertiary alicyclic amines) is 1. The molecule has 26 heavy (non-hydrogen) atoms. The highest BCUT2D eigenvalue weighted by Crippen LogP contribution is 2.15. The number of carbonyl (C=O) groups is 2. The van der Waals surface area contributed by atoms with Crippen molar-refractivity contribution in [1.82, 2.24) is 10.2 Å². The summed E-state index contributed by atoms with van der Waals surface area (Å²) >= 11 is 0. The fourth-order valence-corrected chi connectivity index (χ4v) is 3.05. The molecule has 2 aromatic carbocycles. The van der Waals surface area contributed by atoms with Crippen LogP contribution in [0.15, 0.2) is 54.6 Å². The standard InChI is InChI=1S/C20H23N3O2.ClH/c21-14-15-6-8-17(9-7-15)20(25)23-12-10-18(11-13-23)22-19(24)16-4-2-1-3-5-16;/h1-9,18H,10-14,21H2,(H,22,24);1H. The van der Waals surface area contributed by atoms with Crippen LogP contribution in [0.25, 0.3) is 0 Å². The van der Waals surface area contributed by atoms with Crippen LogP contribution in [0.4, 0.5) is 0 Å². The number of amides is 2. The zero-order valence-electron chi connectivity index (χ0n) is 14.6. The summed E-state index contributed by atoms with van der Waals surface area (Å²) in [6.45, 7) is 1.77. The lowest BCUT2D eigenvalue weighted by atomic mass is 10.0. The molecule has 0 saturated carbocycles. The van der Waals surface area contributed by atoms with E-state index in [4.69, 9.17) is 5.73 Å². The van der Waals surface area contributed by atoms with E-state index < -0.39 is 0 Å². The Kier molecular flexibility index (Phi) is 7.18. The van der Waals surface area contributed by atoms with E-state index in [-0.39, 0.29) is 30.3 Å². The van der Waals surface area contributed by atoms with Gasteiger partial charge in [0, 0.05) is 36.8 Å². The Labute approximate surface area is 160 Å². The molecule has 6 heteroatoms. The van der Waals surface area contributed by atoms with Crippen LogP contribution in [0, 0.1) is 0 Å². The van der Waals surface area contributed by atoms with Crippen molar-refractivity contribution < 1.29 is 9.59 Å². The first-order valence-corrected chi connectivity index (χ1v) is 8.61. The number of nitrogens with one attached hydrogen (secondary N) is 1. The van der Waals surface area contributed by atoms with E-state index in [1.54, 1.807) is 12.1 Å². The summed E-state index contributed by atoms with van der Waals surface area (Å²) in [6.07, 6.45) is 1.54. The Morgan fingerprint density at radius 3 is 2.15 bits per heavy atom. The maximum atomic E-state index is 12.6. The van der Waals surface area contributed by atoms with Crippen molar-refractivity contribution in [3.05, 3.63) is 71.3 Å². The number of nitrogens with zero attached hydrogens (tertiary/aromatic N) is 1. The molecule has 0 spiro atoms. The fraction of sp³-hybridized carbons (Fsp3) is 0.300. The molecule has 0 bridgehead atoms. The van der Waals surface area contributed by atoms with Crippen molar-refractivity contribution in [3.63, 3.8) is 0 Å². The van der Waals surface area contributed by atoms with Crippen molar-refractivity contribution in [2.45, 2.75) is 25.4 Å². The van der Waals surface area contributed by atoms with Gasteiger partial charge in [-0.3, -0.25) is 9.59 Å². The molecule has 1 heterocycles. The minimum atomic E-state index is -0.0530. The molecule has 2 amide bonds. The Bertz CT molecular complexity index is 726. The highest BCUT2D eigenvalue weighted by atomic mass is 35.5. The van der Waals surface area contributed by atoms with Gasteiger partial charge in [-0.1, -0.05) is 30.3 Å². The SMILES string of the molecule is Cl.NCc1ccc(C(=O)N2CCC(NC(=O)c3ccccc3)CC2)cc1. The number of hydrogen-bond acceptors (Lipinski definition) is 3. The number of rotatable bonds is 4. The second kappa shape index (κ2) is 9.36. The molecule has 3 rings (SSSR count). The summed E-state index contributed by atoms with van der Waals surface area (Å²) in [7, 11) is 0. The highest BCUT2D eigenvalue weighted by Gasteiger charge is 2.24. The Morgan fingerprint density at radius 2 is 1.58 bits per heavy atom. The minimum Gasteiger partial charge on any atom is -0.349 e. The summed E-state index contributed by atoms with van der Waals surface area (Å²) in [4.78, 5) is 26.6. The third-order valence-electron chi connectivity index (χ3n) is 4.59. The average Bonchev–Trinajstić information content (AvgIpc) is 2.69. The topological polar surface area (TPSA) is 75.4 Å². The van der Waals surface area contributed by atoms with E-state index in [2.05, 4.69) is 5.32 Å². The van der Waals surface area contributed by atoms with Crippen LogP contribution < -0.4 is 11.1 Å². The average molecular weight is 374 g/mol. The number of halogens is 1. The highest BCUT2D eigenvalue weighted by molar-refractivity contribution is 5.95. The maximum Gasteiger partial charge on any atom is 0.253 e. The van der Waals surface area contributed by atoms with E-state index in [9.17, 15) is 9.59 Å². The lowest BCUT2D eigenvalue weighted by Crippen LogP contribution is -2.46. The second-order valence-electron chi connectivity index (χ2n) is 6.31. The summed E-state index contributed by atoms with van der Waals surface area (Å²) in [5.74, 6) is -0.0147. The van der Waals surface area contributed by atoms with Gasteiger partial charge in [-0.05, 0) is 42.7 Å². The molecular weight excluding hydrogens is 350 g/mol. The fourth-order valence-electron chi connectivity index (χ4n) is 3.05. The van der Waals surface area contributed by atoms with Crippen LogP contribution in [-0.4, -0.2) is 35.8 Å². The first kappa shape index (κ1) is 19.9. The monoisotopic (exact) mass is 373 g/mol. The van der Waals surface area contributed by atoms with Gasteiger partial charge in [0.25, 0.3) is 11.8 Å². The number of hydrogen-bond donors (Lipinski definition) is 2. The summed E-state index contributed by atoms with van der Waals surface area (Å²) in [6, 6.07) is 16.7. The van der Waals surface area contributed by atoms with Gasteiger partial charge in [-0.15, -0.1) is 12.4 Å². The smallest absolute Gasteiger partial charge is 0.253 e. The van der Waals surface area contributed by atoms with Crippen LogP contribution in [0.2, 0.25) is 0 Å². The number of nitrogens with two attached hydrogens (primary N) is 1. The molecule has 1 fully saturated rings. The molecule has 0 atom stereocenters. The predicted octanol–water partition coefficient (Wildman–Crippen LogP) is 2.60. The van der Waals surface area contributed by atoms with E-state index in [0.29, 0.717) is 30.8 Å². The first-order chi connectivity index (χ1) is 12.2. The minimum absolute atomic E-state index is 0. The predicted molar refractivity (Wildman–Crippen MR) is 104 cm³/mol. The maximum absolute atomic E-state index is 12.6. The molecular formula is C20H24ClN3O2. The van der Waals surface area contributed by atoms with Crippen LogP contribution in [0.3, 0.4) is 0 Å². The van der Waals surface area contributed by atoms with Gasteiger partial charge >= 0.3 is 0 Å². The number of benzene rings is 2. The molecule has 5 nitrogen and oxygen atoms in total. The normalized spacial score (nSPS) is 14.4. The van der Waals surface area contributed by atoms with Crippen LogP contribution in [0.5, 0.6) is 0 Å². The van der Waals surface area contributed by atoms with Gasteiger partial charge in [-0.25, -0.2) is 0 Å². The quantitative estimate of drug-likeness (QED) is 0.864. The van der Waals surface area contributed by atoms with Crippen molar-refractivity contribution in [3.8, 4) is 0 Å². The van der Waals surface area contributed by atoms with E-state index in [0.717, 1.165) is 18.4 Å². The Morgan fingerprint density at radius 1 is 0.962 bits per heavy atom. The van der Waals surface area contributed by atoms with E-state index in [1.807, 2.05) is 47.4 Å². The number of piperidine rings is 1. The number of carbonyl (C=O) groups excluding carboxylic acids is 2. The van der Waals surface area contributed by atoms with Crippen molar-refractivity contribution in [2.24, 2.45) is 5.73 Å². The molecule has 1 saturated heterocycles. The Balaban J connectivity index is 0.00000243. The molecule has 1 aliphatic rings. The summed E-state index contributed by atoms with van der Waals surface area (Å²) < 4.78 is 0. The van der Waals surface area contributed by atoms with Crippen LogP contribution in [0.1, 0.15) is 39.1 Å². The lowest BCUT2D eigenvalue weighted by Gasteiger charge is -2.32. The zero-order chi connectivity index (χ0) is 17.6. The third kappa shape index (κ3) is 4.84. The van der Waals surface area contributed by atoms with Crippen LogP contribution in [-0.2, 0) is 6.54 Å². The second-order valence-corrected chi connectivity index (χ2v) is 6.31. The van der Waals surface area contributed by atoms with E-state index >= 15 is 0 Å². The van der Waals surface area contributed by atoms with Gasteiger partial charge < -0.3 is 16.0 Å². The van der Waals surface area contributed by atoms with Crippen molar-refractivity contribution in [2.75, 3.05) is 13.1 Å². The van der Waals surface area contributed by atoms with Gasteiger partial charge in [0.15, 0.2) is 0 Å². The molecule has 0 aromatic heterocycles. The van der Waals surface area contributed by atoms with Gasteiger partial charge in [0.2, 0.25) is 0 Å². The molecule has 1 aliphatic heterocycles. The largest absolute Gasteiger partial charge is 0.349 e. The summed E-state index contributed by atoms with van der Waals surface area (Å²) in [5, 5.41) is 3.06.